The fourth-order valence-corrected chi connectivity index (χ4v) is 4.05. The number of hydrogen-bond acceptors (Lipinski definition) is 3. The number of rotatable bonds is 9. The molecule has 0 fully saturated rings. The average molecular weight is 467 g/mol. The van der Waals surface area contributed by atoms with Crippen molar-refractivity contribution in [3.8, 4) is 0 Å². The Morgan fingerprint density at radius 1 is 0.714 bits per heavy atom. The second kappa shape index (κ2) is 11.2. The summed E-state index contributed by atoms with van der Waals surface area (Å²) in [5, 5.41) is 2.93. The van der Waals surface area contributed by atoms with E-state index in [9.17, 15) is 4.79 Å². The van der Waals surface area contributed by atoms with Gasteiger partial charge in [0, 0.05) is 19.6 Å². The average Bonchev–Trinajstić information content (AvgIpc) is 3.32. The van der Waals surface area contributed by atoms with Crippen LogP contribution in [-0.2, 0) is 31.6 Å². The zero-order valence-corrected chi connectivity index (χ0v) is 20.8. The van der Waals surface area contributed by atoms with Crippen LogP contribution in [0.4, 0.5) is 0 Å². The zero-order chi connectivity index (χ0) is 24.7. The van der Waals surface area contributed by atoms with Crippen molar-refractivity contribution in [1.82, 2.24) is 10.2 Å². The maximum Gasteiger partial charge on any atom is 0.287 e. The van der Waals surface area contributed by atoms with Crippen molar-refractivity contribution in [3.05, 3.63) is 131 Å². The number of carbonyl (C=O) groups excluding carboxylic acids is 1. The minimum atomic E-state index is -0.201. The zero-order valence-electron chi connectivity index (χ0n) is 20.8. The lowest BCUT2D eigenvalue weighted by Gasteiger charge is -2.23. The Bertz CT molecular complexity index is 1210. The van der Waals surface area contributed by atoms with Crippen LogP contribution in [0, 0.1) is 0 Å². The minimum absolute atomic E-state index is 0.133. The molecule has 4 rings (SSSR count). The van der Waals surface area contributed by atoms with E-state index in [-0.39, 0.29) is 11.3 Å². The van der Waals surface area contributed by atoms with Gasteiger partial charge in [-0.1, -0.05) is 106 Å². The van der Waals surface area contributed by atoms with Crippen molar-refractivity contribution in [2.24, 2.45) is 0 Å². The van der Waals surface area contributed by atoms with Crippen molar-refractivity contribution in [1.29, 1.82) is 0 Å². The number of amides is 1. The molecule has 3 aromatic carbocycles. The highest BCUT2D eigenvalue weighted by Crippen LogP contribution is 2.23. The van der Waals surface area contributed by atoms with Crippen LogP contribution in [-0.4, -0.2) is 10.8 Å². The summed E-state index contributed by atoms with van der Waals surface area (Å²) in [6.07, 6.45) is 0. The summed E-state index contributed by atoms with van der Waals surface area (Å²) < 4.78 is 5.95. The third kappa shape index (κ3) is 7.17. The molecule has 1 aromatic heterocycles. The molecule has 4 nitrogen and oxygen atoms in total. The molecule has 0 unspecified atom stereocenters. The van der Waals surface area contributed by atoms with E-state index in [0.29, 0.717) is 18.8 Å². The highest BCUT2D eigenvalue weighted by Gasteiger charge is 2.16. The fourth-order valence-electron chi connectivity index (χ4n) is 4.05. The Labute approximate surface area is 208 Å². The summed E-state index contributed by atoms with van der Waals surface area (Å²) >= 11 is 0. The molecule has 0 radical (unpaired) electrons. The molecule has 1 N–H and O–H groups in total. The van der Waals surface area contributed by atoms with E-state index in [0.717, 1.165) is 24.4 Å². The van der Waals surface area contributed by atoms with E-state index in [1.54, 1.807) is 6.07 Å². The summed E-state index contributed by atoms with van der Waals surface area (Å²) in [5.41, 5.74) is 5.01. The van der Waals surface area contributed by atoms with E-state index < -0.39 is 0 Å². The Kier molecular flexibility index (Phi) is 7.84. The lowest BCUT2D eigenvalue weighted by molar-refractivity contribution is 0.0918. The summed E-state index contributed by atoms with van der Waals surface area (Å²) in [4.78, 5) is 14.9. The van der Waals surface area contributed by atoms with Crippen molar-refractivity contribution < 1.29 is 9.21 Å². The molecule has 0 aliphatic rings. The van der Waals surface area contributed by atoms with Gasteiger partial charge in [0.1, 0.15) is 5.76 Å². The molecule has 180 valence electrons. The molecule has 1 heterocycles. The minimum Gasteiger partial charge on any atom is -0.455 e. The van der Waals surface area contributed by atoms with Crippen molar-refractivity contribution >= 4 is 5.91 Å². The van der Waals surface area contributed by atoms with E-state index in [1.807, 2.05) is 42.5 Å². The lowest BCUT2D eigenvalue weighted by Crippen LogP contribution is -2.23. The van der Waals surface area contributed by atoms with Crippen LogP contribution in [0.25, 0.3) is 0 Å². The predicted octanol–water partition coefficient (Wildman–Crippen LogP) is 6.71. The number of furan rings is 1. The van der Waals surface area contributed by atoms with Crippen LogP contribution in [0.3, 0.4) is 0 Å². The van der Waals surface area contributed by atoms with Crippen LogP contribution in [0.2, 0.25) is 0 Å². The van der Waals surface area contributed by atoms with Crippen molar-refractivity contribution in [3.63, 3.8) is 0 Å². The van der Waals surface area contributed by atoms with Gasteiger partial charge in [0.2, 0.25) is 0 Å². The van der Waals surface area contributed by atoms with Crippen LogP contribution in [0.15, 0.2) is 101 Å². The molecule has 0 bridgehead atoms. The van der Waals surface area contributed by atoms with Crippen molar-refractivity contribution in [2.45, 2.75) is 52.4 Å². The summed E-state index contributed by atoms with van der Waals surface area (Å²) in [5.74, 6) is 0.912. The highest BCUT2D eigenvalue weighted by molar-refractivity contribution is 5.91. The third-order valence-corrected chi connectivity index (χ3v) is 6.04. The SMILES string of the molecule is CC(C)(C)c1ccc(CN(Cc2ccccc2)Cc2ccc(C(=O)NCc3ccccc3)o2)cc1. The third-order valence-electron chi connectivity index (χ3n) is 6.04. The first-order valence-corrected chi connectivity index (χ1v) is 12.1. The summed E-state index contributed by atoms with van der Waals surface area (Å²) in [7, 11) is 0. The van der Waals surface area contributed by atoms with E-state index in [4.69, 9.17) is 4.42 Å². The second-order valence-corrected chi connectivity index (χ2v) is 10.0. The van der Waals surface area contributed by atoms with E-state index in [2.05, 4.69) is 79.5 Å². The molecule has 4 heteroatoms. The van der Waals surface area contributed by atoms with Crippen LogP contribution < -0.4 is 5.32 Å². The van der Waals surface area contributed by atoms with Gasteiger partial charge in [-0.25, -0.2) is 0 Å². The Morgan fingerprint density at radius 3 is 1.89 bits per heavy atom. The van der Waals surface area contributed by atoms with Gasteiger partial charge in [-0.2, -0.15) is 0 Å². The smallest absolute Gasteiger partial charge is 0.287 e. The van der Waals surface area contributed by atoms with Crippen LogP contribution in [0.5, 0.6) is 0 Å². The van der Waals surface area contributed by atoms with Crippen LogP contribution in [0.1, 0.15) is 59.3 Å². The van der Waals surface area contributed by atoms with Gasteiger partial charge in [-0.05, 0) is 39.8 Å². The standard InChI is InChI=1S/C31H34N2O2/c1-31(2,3)27-16-14-26(15-17-27)22-33(21-25-12-8-5-9-13-25)23-28-18-19-29(35-28)30(34)32-20-24-10-6-4-7-11-24/h4-19H,20-23H2,1-3H3,(H,32,34). The molecule has 0 spiro atoms. The highest BCUT2D eigenvalue weighted by atomic mass is 16.4. The van der Waals surface area contributed by atoms with E-state index in [1.165, 1.54) is 16.7 Å². The second-order valence-electron chi connectivity index (χ2n) is 10.0. The number of nitrogens with zero attached hydrogens (tertiary/aromatic N) is 1. The maximum absolute atomic E-state index is 12.6. The molecular formula is C31H34N2O2. The number of nitrogens with one attached hydrogen (secondary N) is 1. The van der Waals surface area contributed by atoms with Gasteiger partial charge in [-0.3, -0.25) is 9.69 Å². The lowest BCUT2D eigenvalue weighted by atomic mass is 9.87. The summed E-state index contributed by atoms with van der Waals surface area (Å²) in [6, 6.07) is 32.8. The number of carbonyl (C=O) groups is 1. The quantitative estimate of drug-likeness (QED) is 0.298. The maximum atomic E-state index is 12.6. The van der Waals surface area contributed by atoms with Crippen LogP contribution >= 0.6 is 0 Å². The molecule has 0 atom stereocenters. The first kappa shape index (κ1) is 24.5. The topological polar surface area (TPSA) is 45.5 Å². The Hall–Kier alpha value is -3.63. The van der Waals surface area contributed by atoms with Gasteiger partial charge in [0.15, 0.2) is 5.76 Å². The monoisotopic (exact) mass is 466 g/mol. The predicted molar refractivity (Wildman–Crippen MR) is 141 cm³/mol. The molecule has 35 heavy (non-hydrogen) atoms. The molecular weight excluding hydrogens is 432 g/mol. The molecule has 1 amide bonds. The Morgan fingerprint density at radius 2 is 1.29 bits per heavy atom. The summed E-state index contributed by atoms with van der Waals surface area (Å²) in [6.45, 7) is 9.35. The number of benzene rings is 3. The number of hydrogen-bond donors (Lipinski definition) is 1. The Balaban J connectivity index is 1.44. The molecule has 0 saturated heterocycles. The normalized spacial score (nSPS) is 11.5. The van der Waals surface area contributed by atoms with Gasteiger partial charge >= 0.3 is 0 Å². The molecule has 0 saturated carbocycles. The van der Waals surface area contributed by atoms with Gasteiger partial charge in [-0.15, -0.1) is 0 Å². The fraction of sp³-hybridized carbons (Fsp3) is 0.258. The molecule has 0 aliphatic heterocycles. The van der Waals surface area contributed by atoms with Gasteiger partial charge < -0.3 is 9.73 Å². The molecule has 0 aliphatic carbocycles. The van der Waals surface area contributed by atoms with E-state index >= 15 is 0 Å². The van der Waals surface area contributed by atoms with Gasteiger partial charge in [0.25, 0.3) is 5.91 Å². The van der Waals surface area contributed by atoms with Crippen molar-refractivity contribution in [2.75, 3.05) is 0 Å². The first-order valence-electron chi connectivity index (χ1n) is 12.1. The molecule has 4 aromatic rings. The largest absolute Gasteiger partial charge is 0.455 e. The first-order chi connectivity index (χ1) is 16.9. The van der Waals surface area contributed by atoms with Gasteiger partial charge in [0.05, 0.1) is 6.54 Å².